The van der Waals surface area contributed by atoms with E-state index in [2.05, 4.69) is 16.7 Å². The van der Waals surface area contributed by atoms with Crippen molar-refractivity contribution in [2.45, 2.75) is 37.4 Å². The number of carbonyl (C=O) groups is 1. The average Bonchev–Trinajstić information content (AvgIpc) is 3.16. The van der Waals surface area contributed by atoms with E-state index in [0.29, 0.717) is 23.4 Å². The predicted molar refractivity (Wildman–Crippen MR) is 128 cm³/mol. The molecule has 0 radical (unpaired) electrons. The van der Waals surface area contributed by atoms with Gasteiger partial charge in [-0.1, -0.05) is 72.4 Å². The Bertz CT molecular complexity index is 1290. The second-order valence-corrected chi connectivity index (χ2v) is 9.76. The Labute approximate surface area is 189 Å². The zero-order chi connectivity index (χ0) is 21.2. The molecule has 4 nitrogen and oxygen atoms in total. The summed E-state index contributed by atoms with van der Waals surface area (Å²) < 4.78 is 2.12. The second kappa shape index (κ2) is 8.81. The molecule has 156 valence electrons. The van der Waals surface area contributed by atoms with E-state index in [1.807, 2.05) is 48.5 Å². The third-order valence-electron chi connectivity index (χ3n) is 5.62. The summed E-state index contributed by atoms with van der Waals surface area (Å²) in [6, 6.07) is 19.5. The molecule has 0 bridgehead atoms. The highest BCUT2D eigenvalue weighted by Crippen LogP contribution is 2.32. The van der Waals surface area contributed by atoms with Gasteiger partial charge in [-0.3, -0.25) is 9.59 Å². The van der Waals surface area contributed by atoms with Crippen LogP contribution in [-0.2, 0) is 19.4 Å². The van der Waals surface area contributed by atoms with E-state index in [1.54, 1.807) is 11.3 Å². The van der Waals surface area contributed by atoms with Crippen LogP contribution in [0.3, 0.4) is 0 Å². The van der Waals surface area contributed by atoms with Gasteiger partial charge in [0.1, 0.15) is 10.3 Å². The summed E-state index contributed by atoms with van der Waals surface area (Å²) >= 11 is 3.12. The molecule has 1 aliphatic carbocycles. The molecule has 0 amide bonds. The molecule has 0 fully saturated rings. The highest BCUT2D eigenvalue weighted by molar-refractivity contribution is 7.99. The molecule has 0 N–H and O–H groups in total. The largest absolute Gasteiger partial charge is 0.306 e. The molecule has 0 atom stereocenters. The lowest BCUT2D eigenvalue weighted by molar-refractivity contribution is 0.102. The van der Waals surface area contributed by atoms with E-state index in [-0.39, 0.29) is 11.2 Å². The molecule has 31 heavy (non-hydrogen) atoms. The first-order valence-electron chi connectivity index (χ1n) is 10.5. The Hall–Kier alpha value is -2.70. The molecule has 1 aliphatic rings. The molecule has 2 aromatic carbocycles. The number of Topliss-reactive ketones (excluding diaryl/α,β-unsaturated/α-hetero) is 1. The van der Waals surface area contributed by atoms with Crippen molar-refractivity contribution in [1.82, 2.24) is 9.55 Å². The van der Waals surface area contributed by atoms with Crippen molar-refractivity contribution in [2.75, 3.05) is 5.75 Å². The number of aryl methyl sites for hydroxylation is 1. The topological polar surface area (TPSA) is 52.0 Å². The zero-order valence-electron chi connectivity index (χ0n) is 17.0. The van der Waals surface area contributed by atoms with Crippen LogP contribution in [0.25, 0.3) is 10.3 Å². The SMILES string of the molecule is O=C(CSc1nc2c(=O)c3c(sc2n1Cc1ccccc1)CCCC3)c1ccccc1. The van der Waals surface area contributed by atoms with Crippen LogP contribution in [-0.4, -0.2) is 21.1 Å². The number of nitrogens with zero attached hydrogens (tertiary/aromatic N) is 2. The molecule has 2 heterocycles. The summed E-state index contributed by atoms with van der Waals surface area (Å²) in [6.45, 7) is 0.633. The molecular formula is C25H22N2O2S2. The lowest BCUT2D eigenvalue weighted by Gasteiger charge is -2.14. The second-order valence-electron chi connectivity index (χ2n) is 7.74. The Balaban J connectivity index is 1.55. The van der Waals surface area contributed by atoms with E-state index < -0.39 is 0 Å². The minimum Gasteiger partial charge on any atom is -0.306 e. The standard InChI is InChI=1S/C25H22N2O2S2/c28-20(18-11-5-2-6-12-18)16-30-25-26-22-23(29)19-13-7-8-14-21(19)31-24(22)27(25)15-17-9-3-1-4-10-17/h1-6,9-12H,7-8,13-16H2. The first-order valence-corrected chi connectivity index (χ1v) is 12.3. The number of carbonyl (C=O) groups excluding carboxylic acids is 1. The van der Waals surface area contributed by atoms with Crippen molar-refractivity contribution in [1.29, 1.82) is 0 Å². The van der Waals surface area contributed by atoms with Crippen molar-refractivity contribution in [3.05, 3.63) is 92.5 Å². The number of aromatic nitrogens is 2. The Kier molecular flexibility index (Phi) is 5.74. The summed E-state index contributed by atoms with van der Waals surface area (Å²) in [6.07, 6.45) is 4.02. The molecule has 0 spiro atoms. The highest BCUT2D eigenvalue weighted by Gasteiger charge is 2.22. The average molecular weight is 447 g/mol. The van der Waals surface area contributed by atoms with Gasteiger partial charge in [0.15, 0.2) is 10.9 Å². The molecule has 5 rings (SSSR count). The fourth-order valence-corrected chi connectivity index (χ4v) is 6.26. The first-order chi connectivity index (χ1) is 15.2. The molecule has 0 saturated heterocycles. The first kappa shape index (κ1) is 20.2. The molecule has 0 saturated carbocycles. The number of rotatable bonds is 6. The van der Waals surface area contributed by atoms with Crippen molar-refractivity contribution in [3.63, 3.8) is 0 Å². The summed E-state index contributed by atoms with van der Waals surface area (Å²) in [5, 5.41) is 0.735. The van der Waals surface area contributed by atoms with E-state index in [0.717, 1.165) is 46.8 Å². The third kappa shape index (κ3) is 4.10. The third-order valence-corrected chi connectivity index (χ3v) is 7.90. The van der Waals surface area contributed by atoms with Gasteiger partial charge in [0.25, 0.3) is 0 Å². The summed E-state index contributed by atoms with van der Waals surface area (Å²) in [5.41, 5.74) is 3.42. The van der Waals surface area contributed by atoms with Crippen LogP contribution < -0.4 is 5.43 Å². The number of hydrogen-bond acceptors (Lipinski definition) is 5. The van der Waals surface area contributed by atoms with Gasteiger partial charge < -0.3 is 4.57 Å². The number of benzene rings is 2. The number of fused-ring (bicyclic) bond motifs is 2. The van der Waals surface area contributed by atoms with Gasteiger partial charge in [0.05, 0.1) is 12.3 Å². The van der Waals surface area contributed by atoms with Gasteiger partial charge in [-0.2, -0.15) is 0 Å². The fourth-order valence-electron chi connectivity index (χ4n) is 4.01. The van der Waals surface area contributed by atoms with Crippen LogP contribution in [0, 0.1) is 0 Å². The van der Waals surface area contributed by atoms with Gasteiger partial charge in [0.2, 0.25) is 5.43 Å². The minimum atomic E-state index is 0.0641. The number of ketones is 1. The normalized spacial score (nSPS) is 13.3. The quantitative estimate of drug-likeness (QED) is 0.296. The number of imidazole rings is 1. The molecule has 4 aromatic rings. The lowest BCUT2D eigenvalue weighted by Crippen LogP contribution is -2.15. The maximum atomic E-state index is 13.2. The van der Waals surface area contributed by atoms with Gasteiger partial charge in [-0.05, 0) is 31.2 Å². The molecule has 0 unspecified atom stereocenters. The van der Waals surface area contributed by atoms with Crippen LogP contribution in [0.1, 0.15) is 39.2 Å². The predicted octanol–water partition coefficient (Wildman–Crippen LogP) is 5.36. The van der Waals surface area contributed by atoms with Gasteiger partial charge in [-0.25, -0.2) is 4.98 Å². The van der Waals surface area contributed by atoms with Gasteiger partial charge >= 0.3 is 0 Å². The summed E-state index contributed by atoms with van der Waals surface area (Å²) in [4.78, 5) is 32.7. The minimum absolute atomic E-state index is 0.0641. The summed E-state index contributed by atoms with van der Waals surface area (Å²) in [5.74, 6) is 0.356. The Morgan fingerprint density at radius 2 is 1.71 bits per heavy atom. The van der Waals surface area contributed by atoms with Crippen LogP contribution in [0.2, 0.25) is 0 Å². The Morgan fingerprint density at radius 1 is 1.00 bits per heavy atom. The van der Waals surface area contributed by atoms with Crippen molar-refractivity contribution < 1.29 is 4.79 Å². The van der Waals surface area contributed by atoms with E-state index in [9.17, 15) is 9.59 Å². The fraction of sp³-hybridized carbons (Fsp3) is 0.240. The molecule has 2 aromatic heterocycles. The van der Waals surface area contributed by atoms with Gasteiger partial charge in [0, 0.05) is 16.0 Å². The van der Waals surface area contributed by atoms with E-state index >= 15 is 0 Å². The van der Waals surface area contributed by atoms with Crippen LogP contribution >= 0.6 is 23.1 Å². The van der Waals surface area contributed by atoms with Crippen molar-refractivity contribution in [3.8, 4) is 0 Å². The van der Waals surface area contributed by atoms with Crippen LogP contribution in [0.5, 0.6) is 0 Å². The van der Waals surface area contributed by atoms with Crippen molar-refractivity contribution >= 4 is 39.2 Å². The van der Waals surface area contributed by atoms with Crippen LogP contribution in [0.4, 0.5) is 0 Å². The maximum Gasteiger partial charge on any atom is 0.211 e. The lowest BCUT2D eigenvalue weighted by atomic mass is 9.98. The van der Waals surface area contributed by atoms with Crippen molar-refractivity contribution in [2.24, 2.45) is 0 Å². The monoisotopic (exact) mass is 446 g/mol. The van der Waals surface area contributed by atoms with Crippen LogP contribution in [0.15, 0.2) is 70.6 Å². The van der Waals surface area contributed by atoms with Gasteiger partial charge in [-0.15, -0.1) is 11.3 Å². The number of hydrogen-bond donors (Lipinski definition) is 0. The molecule has 0 aliphatic heterocycles. The van der Waals surface area contributed by atoms with E-state index in [1.165, 1.54) is 16.6 Å². The summed E-state index contributed by atoms with van der Waals surface area (Å²) in [7, 11) is 0. The maximum absolute atomic E-state index is 13.2. The number of thioether (sulfide) groups is 1. The van der Waals surface area contributed by atoms with E-state index in [4.69, 9.17) is 4.98 Å². The molecular weight excluding hydrogens is 424 g/mol. The highest BCUT2D eigenvalue weighted by atomic mass is 32.2. The molecule has 6 heteroatoms. The Morgan fingerprint density at radius 3 is 2.48 bits per heavy atom. The smallest absolute Gasteiger partial charge is 0.211 e. The zero-order valence-corrected chi connectivity index (χ0v) is 18.7.